The zero-order valence-corrected chi connectivity index (χ0v) is 44.7. The standard InChI is InChI=1S/C66H63BN4O3/c1-63(2,3)43-25-26-68-61(37-43)71-55-24-21-41(42-30-59-62-60(31-42)74-58-20-16-14-18-54(58)67(62)53-17-13-15-19-57(53)73-59)29-52(55)51-23-22-49(39-56(51)71)72-50-36-46(66(10,11)12)35-48(38-50)70-28-27-69(40-70)47-33-44(64(4,5)6)32-45(34-47)65(7,8)9/h13-39H,1-12H3. The third-order valence-corrected chi connectivity index (χ3v) is 15.0. The molecule has 0 atom stereocenters. The van der Waals surface area contributed by atoms with Gasteiger partial charge >= 0.3 is 0 Å². The average molecular weight is 971 g/mol. The molecule has 74 heavy (non-hydrogen) atoms. The first-order valence-electron chi connectivity index (χ1n) is 25.9. The van der Waals surface area contributed by atoms with Gasteiger partial charge in [0.15, 0.2) is 0 Å². The van der Waals surface area contributed by atoms with Crippen molar-refractivity contribution in [3.05, 3.63) is 193 Å². The number of benzene rings is 7. The molecule has 10 aromatic rings. The molecule has 0 saturated heterocycles. The van der Waals surface area contributed by atoms with Gasteiger partial charge < -0.3 is 14.2 Å². The average Bonchev–Trinajstić information content (AvgIpc) is 3.99. The summed E-state index contributed by atoms with van der Waals surface area (Å²) in [7, 11) is 0. The summed E-state index contributed by atoms with van der Waals surface area (Å²) in [5.41, 5.74) is 14.3. The number of para-hydroxylation sites is 2. The Labute approximate surface area is 436 Å². The molecular formula is C66H63BN4O3. The van der Waals surface area contributed by atoms with Crippen LogP contribution in [0.2, 0.25) is 0 Å². The van der Waals surface area contributed by atoms with Crippen LogP contribution in [0.25, 0.3) is 50.1 Å². The number of aromatic nitrogens is 4. The van der Waals surface area contributed by atoms with Crippen LogP contribution in [-0.2, 0) is 21.7 Å². The molecule has 5 heterocycles. The van der Waals surface area contributed by atoms with Crippen LogP contribution in [0.4, 0.5) is 0 Å². The summed E-state index contributed by atoms with van der Waals surface area (Å²) in [6, 6.07) is 52.1. The number of fused-ring (bicyclic) bond motifs is 7. The number of ether oxygens (including phenoxy) is 3. The van der Waals surface area contributed by atoms with E-state index in [4.69, 9.17) is 19.2 Å². The van der Waals surface area contributed by atoms with Crippen molar-refractivity contribution in [1.82, 2.24) is 14.1 Å². The van der Waals surface area contributed by atoms with Crippen molar-refractivity contribution in [2.75, 3.05) is 0 Å². The largest absolute Gasteiger partial charge is 0.458 e. The third kappa shape index (κ3) is 8.34. The maximum atomic E-state index is 6.99. The summed E-state index contributed by atoms with van der Waals surface area (Å²) in [6.45, 7) is 27.1. The number of hydrogen-bond acceptors (Lipinski definition) is 4. The van der Waals surface area contributed by atoms with Crippen molar-refractivity contribution < 1.29 is 18.8 Å². The fourth-order valence-electron chi connectivity index (χ4n) is 10.6. The Hall–Kier alpha value is -7.84. The van der Waals surface area contributed by atoms with E-state index in [-0.39, 0.29) is 28.4 Å². The molecule has 0 saturated carbocycles. The molecule has 3 aromatic heterocycles. The van der Waals surface area contributed by atoms with Gasteiger partial charge in [0.05, 0.1) is 22.4 Å². The van der Waals surface area contributed by atoms with E-state index in [1.54, 1.807) is 0 Å². The van der Waals surface area contributed by atoms with Crippen LogP contribution < -0.4 is 35.2 Å². The van der Waals surface area contributed by atoms with E-state index in [1.807, 2.05) is 18.3 Å². The minimum absolute atomic E-state index is 0.00415. The second-order valence-corrected chi connectivity index (χ2v) is 24.5. The number of rotatable bonds is 6. The number of hydrogen-bond donors (Lipinski definition) is 0. The van der Waals surface area contributed by atoms with E-state index in [0.717, 1.165) is 107 Å². The molecule has 8 heteroatoms. The van der Waals surface area contributed by atoms with Crippen LogP contribution in [0.15, 0.2) is 164 Å². The smallest absolute Gasteiger partial charge is 0.268 e. The van der Waals surface area contributed by atoms with Gasteiger partial charge in [0, 0.05) is 40.9 Å². The summed E-state index contributed by atoms with van der Waals surface area (Å²) in [6.07, 6.45) is 9.76. The zero-order valence-electron chi connectivity index (χ0n) is 44.7. The molecule has 2 aliphatic heterocycles. The van der Waals surface area contributed by atoms with Gasteiger partial charge in [-0.25, -0.2) is 4.98 Å². The zero-order chi connectivity index (χ0) is 51.6. The predicted molar refractivity (Wildman–Crippen MR) is 303 cm³/mol. The number of nitrogens with zero attached hydrogens (tertiary/aromatic N) is 4. The van der Waals surface area contributed by atoms with Gasteiger partial charge in [-0.1, -0.05) is 132 Å². The Morgan fingerprint density at radius 1 is 0.514 bits per heavy atom. The van der Waals surface area contributed by atoms with E-state index in [9.17, 15) is 0 Å². The highest BCUT2D eigenvalue weighted by Gasteiger charge is 2.40. The highest BCUT2D eigenvalue weighted by atomic mass is 16.5. The maximum absolute atomic E-state index is 6.99. The molecule has 0 N–H and O–H groups in total. The first kappa shape index (κ1) is 47.2. The molecular weight excluding hydrogens is 908 g/mol. The van der Waals surface area contributed by atoms with Crippen LogP contribution in [0.5, 0.6) is 34.5 Å². The summed E-state index contributed by atoms with van der Waals surface area (Å²) in [5.74, 6) is 5.70. The predicted octanol–water partition coefficient (Wildman–Crippen LogP) is 14.4. The second kappa shape index (κ2) is 16.9. The Balaban J connectivity index is 0.961. The molecule has 0 bridgehead atoms. The minimum Gasteiger partial charge on any atom is -0.458 e. The first-order chi connectivity index (χ1) is 35.1. The van der Waals surface area contributed by atoms with Gasteiger partial charge in [0.1, 0.15) is 40.3 Å². The minimum atomic E-state index is -0.150. The van der Waals surface area contributed by atoms with E-state index in [0.29, 0.717) is 0 Å². The molecule has 0 spiro atoms. The fourth-order valence-corrected chi connectivity index (χ4v) is 10.6. The van der Waals surface area contributed by atoms with E-state index < -0.39 is 0 Å². The van der Waals surface area contributed by atoms with E-state index >= 15 is 0 Å². The molecule has 2 aliphatic rings. The Morgan fingerprint density at radius 2 is 1.14 bits per heavy atom. The van der Waals surface area contributed by atoms with Crippen LogP contribution in [0.3, 0.4) is 0 Å². The van der Waals surface area contributed by atoms with Crippen molar-refractivity contribution in [3.63, 3.8) is 0 Å². The molecule has 0 unspecified atom stereocenters. The monoisotopic (exact) mass is 970 g/mol. The lowest BCUT2D eigenvalue weighted by Gasteiger charge is -2.33. The fraction of sp³-hybridized carbons (Fsp3) is 0.242. The molecule has 0 amide bonds. The lowest BCUT2D eigenvalue weighted by atomic mass is 9.35. The molecule has 368 valence electrons. The van der Waals surface area contributed by atoms with Gasteiger partial charge in [-0.2, -0.15) is 0 Å². The number of pyridine rings is 1. The van der Waals surface area contributed by atoms with Crippen molar-refractivity contribution in [3.8, 4) is 62.8 Å². The quantitative estimate of drug-likeness (QED) is 0.0946. The summed E-state index contributed by atoms with van der Waals surface area (Å²) >= 11 is 0. The topological polar surface area (TPSA) is 54.3 Å². The maximum Gasteiger partial charge on any atom is 0.268 e. The summed E-state index contributed by atoms with van der Waals surface area (Å²) in [5, 5.41) is 2.19. The van der Waals surface area contributed by atoms with Gasteiger partial charge in [-0.15, -0.1) is 0 Å². The first-order valence-corrected chi connectivity index (χ1v) is 25.9. The normalized spacial score (nSPS) is 13.3. The lowest BCUT2D eigenvalue weighted by Crippen LogP contribution is -2.57. The van der Waals surface area contributed by atoms with Gasteiger partial charge in [0.25, 0.3) is 13.0 Å². The lowest BCUT2D eigenvalue weighted by molar-refractivity contribution is -0.599. The van der Waals surface area contributed by atoms with E-state index in [2.05, 4.69) is 249 Å². The molecule has 7 nitrogen and oxygen atoms in total. The second-order valence-electron chi connectivity index (χ2n) is 24.5. The van der Waals surface area contributed by atoms with Crippen molar-refractivity contribution in [2.45, 2.75) is 105 Å². The van der Waals surface area contributed by atoms with Gasteiger partial charge in [-0.05, 0) is 157 Å². The Bertz CT molecular complexity index is 3790. The number of imidazole rings is 1. The van der Waals surface area contributed by atoms with Crippen molar-refractivity contribution in [2.24, 2.45) is 0 Å². The summed E-state index contributed by atoms with van der Waals surface area (Å²) < 4.78 is 26.9. The van der Waals surface area contributed by atoms with Crippen LogP contribution in [-0.4, -0.2) is 20.8 Å². The Kier molecular flexibility index (Phi) is 10.7. The highest BCUT2D eigenvalue weighted by Crippen LogP contribution is 2.42. The molecule has 0 fully saturated rings. The Morgan fingerprint density at radius 3 is 1.77 bits per heavy atom. The van der Waals surface area contributed by atoms with Crippen molar-refractivity contribution in [1.29, 1.82) is 0 Å². The van der Waals surface area contributed by atoms with Gasteiger partial charge in [0.2, 0.25) is 0 Å². The highest BCUT2D eigenvalue weighted by molar-refractivity contribution is 6.98. The SMILES string of the molecule is CC(C)(C)c1cc(Oc2ccc3c4cc(-c5cc6c7c(c5)Oc5ccccc5B7c5ccccc5O6)ccc4n(-c4cc(C(C)(C)C)ccn4)c3c2)cc(-n2[c-][n+](-c3cc(C(C)(C)C)cc(C(C)(C)C)c3)cc2)c1. The van der Waals surface area contributed by atoms with Crippen LogP contribution in [0, 0.1) is 6.33 Å². The summed E-state index contributed by atoms with van der Waals surface area (Å²) in [4.78, 5) is 5.03. The van der Waals surface area contributed by atoms with E-state index in [1.165, 1.54) is 16.7 Å². The molecule has 0 aliphatic carbocycles. The third-order valence-electron chi connectivity index (χ3n) is 15.0. The molecule has 7 aromatic carbocycles. The van der Waals surface area contributed by atoms with Crippen molar-refractivity contribution >= 4 is 44.9 Å². The van der Waals surface area contributed by atoms with Crippen LogP contribution in [0.1, 0.15) is 105 Å². The van der Waals surface area contributed by atoms with Gasteiger partial charge in [-0.3, -0.25) is 13.7 Å². The van der Waals surface area contributed by atoms with Crippen LogP contribution >= 0.6 is 0 Å². The molecule has 12 rings (SSSR count). The molecule has 0 radical (unpaired) electrons.